The first-order chi connectivity index (χ1) is 7.36. The van der Waals surface area contributed by atoms with Gasteiger partial charge in [0.15, 0.2) is 6.29 Å². The van der Waals surface area contributed by atoms with Gasteiger partial charge in [0.25, 0.3) is 0 Å². The van der Waals surface area contributed by atoms with E-state index in [1.54, 1.807) is 0 Å². The van der Waals surface area contributed by atoms with Gasteiger partial charge in [-0.25, -0.2) is 0 Å². The summed E-state index contributed by atoms with van der Waals surface area (Å²) in [4.78, 5) is 0. The molecule has 0 saturated carbocycles. The molecule has 0 aromatic carbocycles. The van der Waals surface area contributed by atoms with Crippen molar-refractivity contribution in [2.24, 2.45) is 0 Å². The minimum atomic E-state index is -0.0604. The highest BCUT2D eigenvalue weighted by atomic mass is 16.7. The molecule has 0 bridgehead atoms. The molecule has 0 aromatic heterocycles. The summed E-state index contributed by atoms with van der Waals surface area (Å²) in [6.45, 7) is 8.21. The number of hydrogen-bond acceptors (Lipinski definition) is 2. The van der Waals surface area contributed by atoms with E-state index in [-0.39, 0.29) is 6.29 Å². The Balaban J connectivity index is 2.41. The van der Waals surface area contributed by atoms with Crippen LogP contribution in [0.5, 0.6) is 0 Å². The minimum absolute atomic E-state index is 0.0604. The molecule has 0 N–H and O–H groups in total. The number of hydrogen-bond donors (Lipinski definition) is 0. The van der Waals surface area contributed by atoms with Crippen LogP contribution in [0, 0.1) is 0 Å². The molecule has 1 atom stereocenters. The molecule has 1 aliphatic heterocycles. The van der Waals surface area contributed by atoms with Gasteiger partial charge in [-0.05, 0) is 25.3 Å². The molecule has 15 heavy (non-hydrogen) atoms. The normalized spacial score (nSPS) is 22.1. The average molecular weight is 208 g/mol. The third-order valence-corrected chi connectivity index (χ3v) is 2.28. The predicted molar refractivity (Wildman–Crippen MR) is 62.4 cm³/mol. The van der Waals surface area contributed by atoms with E-state index < -0.39 is 0 Å². The standard InChI is InChI=1S/C13H20O2/c1-3-5-9-12(8-4-2)15-13-10-6-7-11-14-13/h3-4,9,13H,1-2,5-8,10-11H2/b12-9-. The van der Waals surface area contributed by atoms with Crippen LogP contribution in [0.2, 0.25) is 0 Å². The number of allylic oxidation sites excluding steroid dienone is 3. The molecule has 0 aliphatic carbocycles. The van der Waals surface area contributed by atoms with E-state index >= 15 is 0 Å². The Morgan fingerprint density at radius 2 is 2.20 bits per heavy atom. The Hall–Kier alpha value is -1.02. The topological polar surface area (TPSA) is 18.5 Å². The second-order valence-electron chi connectivity index (χ2n) is 3.60. The van der Waals surface area contributed by atoms with Crippen molar-refractivity contribution in [1.82, 2.24) is 0 Å². The van der Waals surface area contributed by atoms with E-state index in [9.17, 15) is 0 Å². The van der Waals surface area contributed by atoms with Crippen molar-refractivity contribution in [3.8, 4) is 0 Å². The fourth-order valence-electron chi connectivity index (χ4n) is 1.51. The average Bonchev–Trinajstić information content (AvgIpc) is 2.28. The summed E-state index contributed by atoms with van der Waals surface area (Å²) in [5, 5.41) is 0. The first-order valence-electron chi connectivity index (χ1n) is 5.56. The Bertz CT molecular complexity index is 225. The zero-order valence-corrected chi connectivity index (χ0v) is 9.28. The second kappa shape index (κ2) is 7.30. The highest BCUT2D eigenvalue weighted by Gasteiger charge is 2.15. The molecule has 1 unspecified atom stereocenters. The Labute approximate surface area is 92.3 Å². The van der Waals surface area contributed by atoms with Crippen LogP contribution in [0.3, 0.4) is 0 Å². The molecule has 1 rings (SSSR count). The summed E-state index contributed by atoms with van der Waals surface area (Å²) in [6, 6.07) is 0. The summed E-state index contributed by atoms with van der Waals surface area (Å²) in [6.07, 6.45) is 10.6. The fraction of sp³-hybridized carbons (Fsp3) is 0.538. The van der Waals surface area contributed by atoms with Gasteiger partial charge in [0.1, 0.15) is 0 Å². The monoisotopic (exact) mass is 208 g/mol. The van der Waals surface area contributed by atoms with Gasteiger partial charge < -0.3 is 9.47 Å². The van der Waals surface area contributed by atoms with Crippen LogP contribution in [-0.2, 0) is 9.47 Å². The van der Waals surface area contributed by atoms with Gasteiger partial charge in [-0.2, -0.15) is 0 Å². The summed E-state index contributed by atoms with van der Waals surface area (Å²) in [5.74, 6) is 0.941. The SMILES string of the molecule is C=CC/C=C(/CC=C)OC1CCCCO1. The Morgan fingerprint density at radius 3 is 2.80 bits per heavy atom. The maximum absolute atomic E-state index is 5.75. The van der Waals surface area contributed by atoms with E-state index in [1.165, 1.54) is 6.42 Å². The van der Waals surface area contributed by atoms with E-state index in [2.05, 4.69) is 13.2 Å². The van der Waals surface area contributed by atoms with E-state index in [0.29, 0.717) is 0 Å². The van der Waals surface area contributed by atoms with Crippen LogP contribution in [0.25, 0.3) is 0 Å². The summed E-state index contributed by atoms with van der Waals surface area (Å²) in [5.41, 5.74) is 0. The van der Waals surface area contributed by atoms with Crippen LogP contribution in [0.4, 0.5) is 0 Å². The Kier molecular flexibility index (Phi) is 5.86. The second-order valence-corrected chi connectivity index (χ2v) is 3.60. The molecule has 0 aromatic rings. The van der Waals surface area contributed by atoms with Crippen LogP contribution in [0.1, 0.15) is 32.1 Å². The van der Waals surface area contributed by atoms with Gasteiger partial charge in [-0.15, -0.1) is 13.2 Å². The predicted octanol–water partition coefficient (Wildman–Crippen LogP) is 3.57. The van der Waals surface area contributed by atoms with Crippen molar-refractivity contribution in [3.05, 3.63) is 37.1 Å². The largest absolute Gasteiger partial charge is 0.469 e. The van der Waals surface area contributed by atoms with Crippen molar-refractivity contribution in [2.45, 2.75) is 38.4 Å². The van der Waals surface area contributed by atoms with Crippen LogP contribution in [-0.4, -0.2) is 12.9 Å². The summed E-state index contributed by atoms with van der Waals surface area (Å²) < 4.78 is 11.3. The molecular weight excluding hydrogens is 188 g/mol. The van der Waals surface area contributed by atoms with Crippen molar-refractivity contribution < 1.29 is 9.47 Å². The van der Waals surface area contributed by atoms with Gasteiger partial charge in [0.05, 0.1) is 12.4 Å². The van der Waals surface area contributed by atoms with Gasteiger partial charge in [0, 0.05) is 12.8 Å². The lowest BCUT2D eigenvalue weighted by molar-refractivity contribution is -0.139. The number of ether oxygens (including phenoxy) is 2. The van der Waals surface area contributed by atoms with Gasteiger partial charge in [-0.3, -0.25) is 0 Å². The van der Waals surface area contributed by atoms with Crippen LogP contribution >= 0.6 is 0 Å². The molecule has 2 nitrogen and oxygen atoms in total. The van der Waals surface area contributed by atoms with E-state index in [4.69, 9.17) is 9.47 Å². The summed E-state index contributed by atoms with van der Waals surface area (Å²) >= 11 is 0. The molecule has 1 aliphatic rings. The van der Waals surface area contributed by atoms with Gasteiger partial charge in [-0.1, -0.05) is 12.2 Å². The lowest BCUT2D eigenvalue weighted by Crippen LogP contribution is -2.21. The molecule has 84 valence electrons. The van der Waals surface area contributed by atoms with Crippen molar-refractivity contribution in [1.29, 1.82) is 0 Å². The molecule has 1 heterocycles. The van der Waals surface area contributed by atoms with Crippen molar-refractivity contribution >= 4 is 0 Å². The lowest BCUT2D eigenvalue weighted by atomic mass is 10.2. The molecule has 1 saturated heterocycles. The highest BCUT2D eigenvalue weighted by Crippen LogP contribution is 2.18. The first kappa shape index (κ1) is 12.1. The van der Waals surface area contributed by atoms with E-state index in [1.807, 2.05) is 18.2 Å². The molecule has 0 radical (unpaired) electrons. The molecule has 0 spiro atoms. The molecular formula is C13H20O2. The zero-order valence-electron chi connectivity index (χ0n) is 9.28. The molecule has 0 amide bonds. The van der Waals surface area contributed by atoms with Crippen molar-refractivity contribution in [2.75, 3.05) is 6.61 Å². The quantitative estimate of drug-likeness (QED) is 0.491. The summed E-state index contributed by atoms with van der Waals surface area (Å²) in [7, 11) is 0. The minimum Gasteiger partial charge on any atom is -0.469 e. The fourth-order valence-corrected chi connectivity index (χ4v) is 1.51. The zero-order chi connectivity index (χ0) is 10.9. The lowest BCUT2D eigenvalue weighted by Gasteiger charge is -2.24. The Morgan fingerprint density at radius 1 is 1.33 bits per heavy atom. The van der Waals surface area contributed by atoms with E-state index in [0.717, 1.165) is 38.0 Å². The third kappa shape index (κ3) is 4.84. The van der Waals surface area contributed by atoms with Crippen LogP contribution in [0.15, 0.2) is 37.1 Å². The van der Waals surface area contributed by atoms with Gasteiger partial charge >= 0.3 is 0 Å². The number of rotatable bonds is 6. The highest BCUT2D eigenvalue weighted by molar-refractivity contribution is 5.01. The maximum Gasteiger partial charge on any atom is 0.199 e. The van der Waals surface area contributed by atoms with Gasteiger partial charge in [0.2, 0.25) is 0 Å². The smallest absolute Gasteiger partial charge is 0.199 e. The maximum atomic E-state index is 5.75. The molecule has 2 heteroatoms. The first-order valence-corrected chi connectivity index (χ1v) is 5.56. The molecule has 1 fully saturated rings. The third-order valence-electron chi connectivity index (χ3n) is 2.28. The van der Waals surface area contributed by atoms with Crippen LogP contribution < -0.4 is 0 Å². The van der Waals surface area contributed by atoms with Crippen molar-refractivity contribution in [3.63, 3.8) is 0 Å².